The number of fused-ring (bicyclic) bond motifs is 1. The van der Waals surface area contributed by atoms with Crippen molar-refractivity contribution < 1.29 is 14.1 Å². The Labute approximate surface area is 98.9 Å². The van der Waals surface area contributed by atoms with Crippen molar-refractivity contribution in [1.29, 1.82) is 0 Å². The highest BCUT2D eigenvalue weighted by Gasteiger charge is 2.28. The van der Waals surface area contributed by atoms with Gasteiger partial charge in [0, 0.05) is 38.2 Å². The summed E-state index contributed by atoms with van der Waals surface area (Å²) in [5.74, 6) is 0.808. The van der Waals surface area contributed by atoms with Crippen LogP contribution in [0, 0.1) is 0 Å². The van der Waals surface area contributed by atoms with E-state index in [4.69, 9.17) is 9.26 Å². The van der Waals surface area contributed by atoms with E-state index in [0.29, 0.717) is 38.5 Å². The average Bonchev–Trinajstić information content (AvgIpc) is 2.83. The first-order chi connectivity index (χ1) is 8.36. The van der Waals surface area contributed by atoms with Gasteiger partial charge in [-0.2, -0.15) is 0 Å². The molecule has 1 aromatic heterocycles. The molecular weight excluding hydrogens is 222 g/mol. The molecule has 3 heterocycles. The van der Waals surface area contributed by atoms with E-state index in [-0.39, 0.29) is 5.91 Å². The lowest BCUT2D eigenvalue weighted by Gasteiger charge is -2.26. The molecule has 1 amide bonds. The van der Waals surface area contributed by atoms with Gasteiger partial charge in [-0.3, -0.25) is 4.79 Å². The number of aromatic nitrogens is 1. The molecule has 17 heavy (non-hydrogen) atoms. The second-order valence-corrected chi connectivity index (χ2v) is 4.26. The summed E-state index contributed by atoms with van der Waals surface area (Å²) < 4.78 is 10.5. The van der Waals surface area contributed by atoms with Crippen LogP contribution in [0.15, 0.2) is 4.52 Å². The molecule has 92 valence electrons. The van der Waals surface area contributed by atoms with Crippen LogP contribution in [0.5, 0.6) is 0 Å². The molecule has 0 unspecified atom stereocenters. The molecule has 0 radical (unpaired) electrons. The van der Waals surface area contributed by atoms with Gasteiger partial charge in [0.2, 0.25) is 0 Å². The first-order valence-corrected chi connectivity index (χ1v) is 5.91. The van der Waals surface area contributed by atoms with Crippen LogP contribution in [0.25, 0.3) is 0 Å². The van der Waals surface area contributed by atoms with Gasteiger partial charge in [0.1, 0.15) is 5.76 Å². The number of rotatable bonds is 1. The number of morpholine rings is 1. The van der Waals surface area contributed by atoms with Crippen molar-refractivity contribution >= 4 is 5.91 Å². The third-order valence-corrected chi connectivity index (χ3v) is 3.20. The quantitative estimate of drug-likeness (QED) is 0.732. The van der Waals surface area contributed by atoms with E-state index in [2.05, 4.69) is 10.5 Å². The van der Waals surface area contributed by atoms with Gasteiger partial charge in [0.25, 0.3) is 5.91 Å². The Balaban J connectivity index is 1.83. The lowest BCUT2D eigenvalue weighted by molar-refractivity contribution is 0.0295. The van der Waals surface area contributed by atoms with E-state index in [0.717, 1.165) is 24.3 Å². The van der Waals surface area contributed by atoms with Gasteiger partial charge < -0.3 is 19.5 Å². The molecule has 0 bridgehead atoms. The molecule has 1 fully saturated rings. The van der Waals surface area contributed by atoms with Gasteiger partial charge >= 0.3 is 0 Å². The van der Waals surface area contributed by atoms with Crippen LogP contribution in [0.4, 0.5) is 0 Å². The molecule has 1 saturated heterocycles. The van der Waals surface area contributed by atoms with Crippen molar-refractivity contribution in [1.82, 2.24) is 15.4 Å². The predicted molar refractivity (Wildman–Crippen MR) is 58.6 cm³/mol. The number of carbonyl (C=O) groups is 1. The molecule has 1 aromatic rings. The SMILES string of the molecule is O=C(c1noc2c1CNCC2)N1CCOCC1. The largest absolute Gasteiger partial charge is 0.378 e. The average molecular weight is 237 g/mol. The fourth-order valence-corrected chi connectivity index (χ4v) is 2.22. The molecule has 6 heteroatoms. The molecule has 2 aliphatic rings. The smallest absolute Gasteiger partial charge is 0.276 e. The van der Waals surface area contributed by atoms with Crippen LogP contribution in [0.3, 0.4) is 0 Å². The third-order valence-electron chi connectivity index (χ3n) is 3.20. The molecule has 0 aromatic carbocycles. The number of carbonyl (C=O) groups excluding carboxylic acids is 1. The van der Waals surface area contributed by atoms with E-state index in [9.17, 15) is 4.79 Å². The monoisotopic (exact) mass is 237 g/mol. The van der Waals surface area contributed by atoms with Crippen LogP contribution in [0.2, 0.25) is 0 Å². The van der Waals surface area contributed by atoms with Crippen LogP contribution in [-0.2, 0) is 17.7 Å². The van der Waals surface area contributed by atoms with Crippen molar-refractivity contribution in [2.45, 2.75) is 13.0 Å². The van der Waals surface area contributed by atoms with Crippen molar-refractivity contribution in [3.05, 3.63) is 17.0 Å². The zero-order chi connectivity index (χ0) is 11.7. The van der Waals surface area contributed by atoms with Gasteiger partial charge in [-0.15, -0.1) is 0 Å². The van der Waals surface area contributed by atoms with E-state index in [1.54, 1.807) is 4.90 Å². The summed E-state index contributed by atoms with van der Waals surface area (Å²) in [6.45, 7) is 4.02. The van der Waals surface area contributed by atoms with Crippen molar-refractivity contribution in [2.24, 2.45) is 0 Å². The predicted octanol–water partition coefficient (Wildman–Crippen LogP) is -0.207. The number of nitrogens with zero attached hydrogens (tertiary/aromatic N) is 2. The standard InChI is InChI=1S/C11H15N3O3/c15-11(14-3-5-16-6-4-14)10-8-7-12-2-1-9(8)17-13-10/h12H,1-7H2. The van der Waals surface area contributed by atoms with Gasteiger partial charge in [-0.05, 0) is 0 Å². The molecule has 3 rings (SSSR count). The molecule has 0 spiro atoms. The topological polar surface area (TPSA) is 67.6 Å². The fraction of sp³-hybridized carbons (Fsp3) is 0.636. The molecular formula is C11H15N3O3. The maximum absolute atomic E-state index is 12.3. The second-order valence-electron chi connectivity index (χ2n) is 4.26. The molecule has 1 N–H and O–H groups in total. The Morgan fingerprint density at radius 3 is 3.00 bits per heavy atom. The Hall–Kier alpha value is -1.40. The summed E-state index contributed by atoms with van der Waals surface area (Å²) >= 11 is 0. The highest BCUT2D eigenvalue weighted by atomic mass is 16.5. The van der Waals surface area contributed by atoms with Crippen molar-refractivity contribution in [2.75, 3.05) is 32.8 Å². The third kappa shape index (κ3) is 1.94. The summed E-state index contributed by atoms with van der Waals surface area (Å²) in [7, 11) is 0. The maximum Gasteiger partial charge on any atom is 0.276 e. The molecule has 0 aliphatic carbocycles. The Kier molecular flexibility index (Phi) is 2.82. The van der Waals surface area contributed by atoms with Gasteiger partial charge in [0.15, 0.2) is 5.69 Å². The number of hydrogen-bond acceptors (Lipinski definition) is 5. The summed E-state index contributed by atoms with van der Waals surface area (Å²) in [4.78, 5) is 14.0. The number of nitrogens with one attached hydrogen (secondary N) is 1. The number of hydrogen-bond donors (Lipinski definition) is 1. The van der Waals surface area contributed by atoms with E-state index in [1.165, 1.54) is 0 Å². The van der Waals surface area contributed by atoms with Crippen LogP contribution < -0.4 is 5.32 Å². The fourth-order valence-electron chi connectivity index (χ4n) is 2.22. The van der Waals surface area contributed by atoms with Gasteiger partial charge in [-0.1, -0.05) is 5.16 Å². The number of ether oxygens (including phenoxy) is 1. The lowest BCUT2D eigenvalue weighted by atomic mass is 10.1. The minimum atomic E-state index is -0.0398. The highest BCUT2D eigenvalue weighted by Crippen LogP contribution is 2.19. The maximum atomic E-state index is 12.3. The molecule has 6 nitrogen and oxygen atoms in total. The highest BCUT2D eigenvalue weighted by molar-refractivity contribution is 5.94. The van der Waals surface area contributed by atoms with Crippen LogP contribution in [0.1, 0.15) is 21.8 Å². The minimum Gasteiger partial charge on any atom is -0.378 e. The first kappa shape index (κ1) is 10.7. The Morgan fingerprint density at radius 2 is 2.18 bits per heavy atom. The Morgan fingerprint density at radius 1 is 1.35 bits per heavy atom. The molecule has 0 saturated carbocycles. The molecule has 0 atom stereocenters. The van der Waals surface area contributed by atoms with Crippen LogP contribution >= 0.6 is 0 Å². The zero-order valence-corrected chi connectivity index (χ0v) is 9.57. The zero-order valence-electron chi connectivity index (χ0n) is 9.57. The lowest BCUT2D eigenvalue weighted by Crippen LogP contribution is -2.41. The van der Waals surface area contributed by atoms with Crippen LogP contribution in [-0.4, -0.2) is 48.8 Å². The first-order valence-electron chi connectivity index (χ1n) is 5.91. The summed E-state index contributed by atoms with van der Waals surface area (Å²) in [5, 5.41) is 7.16. The second kappa shape index (κ2) is 4.46. The summed E-state index contributed by atoms with van der Waals surface area (Å²) in [6, 6.07) is 0. The van der Waals surface area contributed by atoms with Gasteiger partial charge in [-0.25, -0.2) is 0 Å². The van der Waals surface area contributed by atoms with Crippen molar-refractivity contribution in [3.63, 3.8) is 0 Å². The van der Waals surface area contributed by atoms with Gasteiger partial charge in [0.05, 0.1) is 13.2 Å². The Bertz CT molecular complexity index is 424. The van der Waals surface area contributed by atoms with E-state index in [1.807, 2.05) is 0 Å². The van der Waals surface area contributed by atoms with E-state index >= 15 is 0 Å². The van der Waals surface area contributed by atoms with E-state index < -0.39 is 0 Å². The summed E-state index contributed by atoms with van der Waals surface area (Å²) in [5.41, 5.74) is 1.39. The minimum absolute atomic E-state index is 0.0398. The molecule has 2 aliphatic heterocycles. The summed E-state index contributed by atoms with van der Waals surface area (Å²) in [6.07, 6.45) is 0.804. The number of amides is 1. The normalized spacial score (nSPS) is 20.1. The van der Waals surface area contributed by atoms with Crippen molar-refractivity contribution in [3.8, 4) is 0 Å².